The smallest absolute Gasteiger partial charge is 0.317 e. The molecule has 2 amide bonds. The summed E-state index contributed by atoms with van der Waals surface area (Å²) in [6, 6.07) is 4.19. The summed E-state index contributed by atoms with van der Waals surface area (Å²) in [5, 5.41) is 3.10. The van der Waals surface area contributed by atoms with Gasteiger partial charge in [0.25, 0.3) is 0 Å². The maximum atomic E-state index is 12.4. The van der Waals surface area contributed by atoms with Crippen LogP contribution in [0, 0.1) is 5.92 Å². The lowest BCUT2D eigenvalue weighted by molar-refractivity contribution is 0.194. The van der Waals surface area contributed by atoms with Crippen molar-refractivity contribution in [3.63, 3.8) is 0 Å². The second-order valence-electron chi connectivity index (χ2n) is 7.32. The van der Waals surface area contributed by atoms with Crippen LogP contribution < -0.4 is 5.32 Å². The van der Waals surface area contributed by atoms with E-state index in [1.54, 1.807) is 0 Å². The van der Waals surface area contributed by atoms with Gasteiger partial charge in [0.1, 0.15) is 0 Å². The average Bonchev–Trinajstić information content (AvgIpc) is 2.66. The zero-order valence-electron chi connectivity index (χ0n) is 15.9. The summed E-state index contributed by atoms with van der Waals surface area (Å²) in [6.07, 6.45) is 16.1. The first-order valence-corrected chi connectivity index (χ1v) is 10.2. The van der Waals surface area contributed by atoms with Gasteiger partial charge in [0.2, 0.25) is 0 Å². The number of hydrogen-bond acceptors (Lipinski definition) is 2. The Balaban J connectivity index is 1.62. The highest BCUT2D eigenvalue weighted by Gasteiger charge is 2.15. The highest BCUT2D eigenvalue weighted by atomic mass is 16.2. The number of aryl methyl sites for hydroxylation is 1. The fourth-order valence-corrected chi connectivity index (χ4v) is 3.78. The maximum Gasteiger partial charge on any atom is 0.317 e. The zero-order chi connectivity index (χ0) is 17.7. The third-order valence-corrected chi connectivity index (χ3v) is 5.21. The second-order valence-corrected chi connectivity index (χ2v) is 7.32. The maximum absolute atomic E-state index is 12.4. The summed E-state index contributed by atoms with van der Waals surface area (Å²) in [6.45, 7) is 4.65. The molecule has 0 aliphatic heterocycles. The number of nitrogens with one attached hydrogen (secondary N) is 1. The Bertz CT molecular complexity index is 471. The van der Waals surface area contributed by atoms with E-state index in [2.05, 4.69) is 17.2 Å². The molecule has 25 heavy (non-hydrogen) atoms. The van der Waals surface area contributed by atoms with Crippen LogP contribution in [0.1, 0.15) is 70.3 Å². The van der Waals surface area contributed by atoms with E-state index in [9.17, 15) is 4.79 Å². The van der Waals surface area contributed by atoms with Gasteiger partial charge in [0.05, 0.1) is 0 Å². The molecule has 0 spiro atoms. The summed E-state index contributed by atoms with van der Waals surface area (Å²) in [5.74, 6) is 0.903. The van der Waals surface area contributed by atoms with Crippen molar-refractivity contribution in [2.45, 2.75) is 71.1 Å². The first-order chi connectivity index (χ1) is 12.3. The minimum atomic E-state index is 0.111. The van der Waals surface area contributed by atoms with Crippen LogP contribution in [0.4, 0.5) is 4.79 Å². The molecule has 1 aliphatic rings. The van der Waals surface area contributed by atoms with Gasteiger partial charge in [0, 0.05) is 32.0 Å². The van der Waals surface area contributed by atoms with Gasteiger partial charge in [-0.3, -0.25) is 4.98 Å². The van der Waals surface area contributed by atoms with E-state index in [0.29, 0.717) is 0 Å². The van der Waals surface area contributed by atoms with Gasteiger partial charge >= 0.3 is 6.03 Å². The molecule has 1 aromatic heterocycles. The van der Waals surface area contributed by atoms with Crippen LogP contribution in [0.3, 0.4) is 0 Å². The van der Waals surface area contributed by atoms with Crippen molar-refractivity contribution in [1.82, 2.24) is 15.2 Å². The lowest BCUT2D eigenvalue weighted by Gasteiger charge is -2.25. The molecular formula is C21H35N3O. The van der Waals surface area contributed by atoms with Crippen LogP contribution in [-0.2, 0) is 6.42 Å². The molecule has 1 N–H and O–H groups in total. The summed E-state index contributed by atoms with van der Waals surface area (Å²) < 4.78 is 0. The van der Waals surface area contributed by atoms with Gasteiger partial charge in [-0.15, -0.1) is 0 Å². The topological polar surface area (TPSA) is 45.2 Å². The third kappa shape index (κ3) is 7.89. The predicted octanol–water partition coefficient (Wildman–Crippen LogP) is 4.80. The van der Waals surface area contributed by atoms with Crippen molar-refractivity contribution >= 4 is 6.03 Å². The van der Waals surface area contributed by atoms with E-state index in [1.165, 1.54) is 44.1 Å². The Morgan fingerprint density at radius 3 is 2.64 bits per heavy atom. The largest absolute Gasteiger partial charge is 0.338 e. The molecule has 0 radical (unpaired) electrons. The molecule has 0 bridgehead atoms. The van der Waals surface area contributed by atoms with E-state index in [0.717, 1.165) is 51.2 Å². The van der Waals surface area contributed by atoms with Gasteiger partial charge in [-0.1, -0.05) is 39.0 Å². The van der Waals surface area contributed by atoms with E-state index in [-0.39, 0.29) is 6.03 Å². The van der Waals surface area contributed by atoms with Crippen LogP contribution in [0.5, 0.6) is 0 Å². The summed E-state index contributed by atoms with van der Waals surface area (Å²) >= 11 is 0. The van der Waals surface area contributed by atoms with Gasteiger partial charge < -0.3 is 10.2 Å². The fraction of sp³-hybridized carbons (Fsp3) is 0.714. The molecule has 4 heteroatoms. The Labute approximate surface area is 153 Å². The molecule has 0 unspecified atom stereocenters. The summed E-state index contributed by atoms with van der Waals surface area (Å²) in [4.78, 5) is 18.5. The van der Waals surface area contributed by atoms with Crippen LogP contribution >= 0.6 is 0 Å². The van der Waals surface area contributed by atoms with Crippen molar-refractivity contribution in [3.8, 4) is 0 Å². The second kappa shape index (κ2) is 11.9. The van der Waals surface area contributed by atoms with Crippen LogP contribution in [-0.4, -0.2) is 35.5 Å². The van der Waals surface area contributed by atoms with Crippen molar-refractivity contribution in [2.75, 3.05) is 19.6 Å². The number of amides is 2. The molecular weight excluding hydrogens is 310 g/mol. The lowest BCUT2D eigenvalue weighted by atomic mass is 9.86. The standard InChI is InChI=1S/C21H35N3O/c1-2-17-24(18-7-11-19-8-4-3-5-9-19)21(25)23-14-6-10-20-12-15-22-16-13-20/h12-13,15-16,19H,2-11,14,17-18H2,1H3,(H,23,25). The molecule has 1 aliphatic carbocycles. The van der Waals surface area contributed by atoms with E-state index >= 15 is 0 Å². The number of aromatic nitrogens is 1. The van der Waals surface area contributed by atoms with Gasteiger partial charge in [-0.2, -0.15) is 0 Å². The summed E-state index contributed by atoms with van der Waals surface area (Å²) in [5.41, 5.74) is 1.28. The third-order valence-electron chi connectivity index (χ3n) is 5.21. The van der Waals surface area contributed by atoms with Crippen molar-refractivity contribution in [2.24, 2.45) is 5.92 Å². The Hall–Kier alpha value is -1.58. The molecule has 140 valence electrons. The molecule has 1 saturated carbocycles. The minimum Gasteiger partial charge on any atom is -0.338 e. The fourth-order valence-electron chi connectivity index (χ4n) is 3.78. The van der Waals surface area contributed by atoms with Crippen LogP contribution in [0.15, 0.2) is 24.5 Å². The summed E-state index contributed by atoms with van der Waals surface area (Å²) in [7, 11) is 0. The molecule has 1 aromatic rings. The van der Waals surface area contributed by atoms with Crippen molar-refractivity contribution in [1.29, 1.82) is 0 Å². The minimum absolute atomic E-state index is 0.111. The molecule has 0 saturated heterocycles. The van der Waals surface area contributed by atoms with Crippen LogP contribution in [0.25, 0.3) is 0 Å². The number of hydrogen-bond donors (Lipinski definition) is 1. The van der Waals surface area contributed by atoms with Gasteiger partial charge in [0.15, 0.2) is 0 Å². The number of rotatable bonds is 10. The van der Waals surface area contributed by atoms with Crippen molar-refractivity contribution in [3.05, 3.63) is 30.1 Å². The van der Waals surface area contributed by atoms with E-state index in [1.807, 2.05) is 29.4 Å². The number of pyridine rings is 1. The molecule has 1 fully saturated rings. The zero-order valence-corrected chi connectivity index (χ0v) is 15.9. The highest BCUT2D eigenvalue weighted by Crippen LogP contribution is 2.27. The number of nitrogens with zero attached hydrogens (tertiary/aromatic N) is 2. The SMILES string of the molecule is CCCN(CCCC1CCCCC1)C(=O)NCCCc1ccncc1. The number of carbonyl (C=O) groups excluding carboxylic acids is 1. The monoisotopic (exact) mass is 345 g/mol. The van der Waals surface area contributed by atoms with Gasteiger partial charge in [-0.05, 0) is 55.7 Å². The van der Waals surface area contributed by atoms with Gasteiger partial charge in [-0.25, -0.2) is 4.79 Å². The number of urea groups is 1. The quantitative estimate of drug-likeness (QED) is 0.619. The molecule has 0 atom stereocenters. The van der Waals surface area contributed by atoms with Crippen LogP contribution in [0.2, 0.25) is 0 Å². The normalized spacial score (nSPS) is 15.1. The Kier molecular flexibility index (Phi) is 9.38. The average molecular weight is 346 g/mol. The first-order valence-electron chi connectivity index (χ1n) is 10.2. The van der Waals surface area contributed by atoms with Crippen molar-refractivity contribution < 1.29 is 4.79 Å². The molecule has 1 heterocycles. The van der Waals surface area contributed by atoms with E-state index in [4.69, 9.17) is 0 Å². The Morgan fingerprint density at radius 2 is 1.92 bits per heavy atom. The molecule has 0 aromatic carbocycles. The first kappa shape index (κ1) is 19.7. The lowest BCUT2D eigenvalue weighted by Crippen LogP contribution is -2.41. The van der Waals surface area contributed by atoms with E-state index < -0.39 is 0 Å². The predicted molar refractivity (Wildman–Crippen MR) is 104 cm³/mol. The Morgan fingerprint density at radius 1 is 1.16 bits per heavy atom. The molecule has 2 rings (SSSR count). The highest BCUT2D eigenvalue weighted by molar-refractivity contribution is 5.74. The molecule has 4 nitrogen and oxygen atoms in total. The number of carbonyl (C=O) groups is 1.